The van der Waals surface area contributed by atoms with Gasteiger partial charge in [-0.15, -0.1) is 12.4 Å². The SMILES string of the molecule is Cl.NC(CO)CC1CCOC1. The zero-order chi connectivity index (χ0) is 7.40. The topological polar surface area (TPSA) is 55.5 Å². The summed E-state index contributed by atoms with van der Waals surface area (Å²) in [4.78, 5) is 0. The van der Waals surface area contributed by atoms with E-state index in [1.165, 1.54) is 0 Å². The Hall–Kier alpha value is 0.170. The number of aliphatic hydroxyl groups excluding tert-OH is 1. The van der Waals surface area contributed by atoms with E-state index < -0.39 is 0 Å². The van der Waals surface area contributed by atoms with Crippen molar-refractivity contribution >= 4 is 12.4 Å². The summed E-state index contributed by atoms with van der Waals surface area (Å²) >= 11 is 0. The van der Waals surface area contributed by atoms with Crippen molar-refractivity contribution in [3.63, 3.8) is 0 Å². The molecule has 0 aliphatic carbocycles. The van der Waals surface area contributed by atoms with E-state index >= 15 is 0 Å². The molecule has 2 unspecified atom stereocenters. The number of ether oxygens (including phenoxy) is 1. The largest absolute Gasteiger partial charge is 0.395 e. The Morgan fingerprint density at radius 1 is 1.64 bits per heavy atom. The molecule has 11 heavy (non-hydrogen) atoms. The first-order chi connectivity index (χ1) is 4.83. The summed E-state index contributed by atoms with van der Waals surface area (Å²) in [7, 11) is 0. The van der Waals surface area contributed by atoms with E-state index in [0.717, 1.165) is 26.1 Å². The van der Waals surface area contributed by atoms with Crippen LogP contribution in [0, 0.1) is 5.92 Å². The molecule has 1 aliphatic rings. The Morgan fingerprint density at radius 3 is 2.82 bits per heavy atom. The summed E-state index contributed by atoms with van der Waals surface area (Å²) in [6.07, 6.45) is 2.00. The monoisotopic (exact) mass is 181 g/mol. The normalized spacial score (nSPS) is 26.2. The van der Waals surface area contributed by atoms with E-state index in [2.05, 4.69) is 0 Å². The maximum Gasteiger partial charge on any atom is 0.0582 e. The molecule has 0 aromatic carbocycles. The lowest BCUT2D eigenvalue weighted by atomic mass is 10.0. The van der Waals surface area contributed by atoms with Gasteiger partial charge in [-0.3, -0.25) is 0 Å². The zero-order valence-electron chi connectivity index (χ0n) is 6.53. The van der Waals surface area contributed by atoms with Gasteiger partial charge in [0.1, 0.15) is 0 Å². The van der Waals surface area contributed by atoms with E-state index in [1.54, 1.807) is 0 Å². The molecule has 0 aromatic heterocycles. The molecule has 1 fully saturated rings. The van der Waals surface area contributed by atoms with E-state index in [1.807, 2.05) is 0 Å². The smallest absolute Gasteiger partial charge is 0.0582 e. The lowest BCUT2D eigenvalue weighted by Gasteiger charge is -2.11. The first-order valence-electron chi connectivity index (χ1n) is 3.77. The number of halogens is 1. The summed E-state index contributed by atoms with van der Waals surface area (Å²) in [6.45, 7) is 1.78. The third-order valence-corrected chi connectivity index (χ3v) is 1.89. The van der Waals surface area contributed by atoms with E-state index in [4.69, 9.17) is 15.6 Å². The van der Waals surface area contributed by atoms with Gasteiger partial charge in [-0.25, -0.2) is 0 Å². The van der Waals surface area contributed by atoms with Crippen LogP contribution in [-0.4, -0.2) is 31.0 Å². The Labute approximate surface area is 73.3 Å². The van der Waals surface area contributed by atoms with Crippen LogP contribution in [0.4, 0.5) is 0 Å². The minimum absolute atomic E-state index is 0. The molecule has 68 valence electrons. The van der Waals surface area contributed by atoms with Crippen molar-refractivity contribution in [3.05, 3.63) is 0 Å². The third-order valence-electron chi connectivity index (χ3n) is 1.89. The predicted molar refractivity (Wildman–Crippen MR) is 45.9 cm³/mol. The van der Waals surface area contributed by atoms with Crippen LogP contribution in [0.5, 0.6) is 0 Å². The molecule has 4 heteroatoms. The summed E-state index contributed by atoms with van der Waals surface area (Å²) in [5.74, 6) is 0.585. The molecule has 0 spiro atoms. The number of rotatable bonds is 3. The van der Waals surface area contributed by atoms with Crippen LogP contribution in [0.25, 0.3) is 0 Å². The molecule has 3 N–H and O–H groups in total. The van der Waals surface area contributed by atoms with Gasteiger partial charge in [-0.05, 0) is 18.8 Å². The standard InChI is InChI=1S/C7H15NO2.ClH/c8-7(4-9)3-6-1-2-10-5-6;/h6-7,9H,1-5,8H2;1H. The van der Waals surface area contributed by atoms with Gasteiger partial charge in [0.2, 0.25) is 0 Å². The molecule has 1 rings (SSSR count). The molecular formula is C7H16ClNO2. The van der Waals surface area contributed by atoms with Crippen LogP contribution in [0.15, 0.2) is 0 Å². The fourth-order valence-electron chi connectivity index (χ4n) is 1.27. The molecular weight excluding hydrogens is 166 g/mol. The first-order valence-corrected chi connectivity index (χ1v) is 3.77. The first kappa shape index (κ1) is 11.2. The molecule has 0 bridgehead atoms. The van der Waals surface area contributed by atoms with E-state index in [9.17, 15) is 0 Å². The van der Waals surface area contributed by atoms with E-state index in [-0.39, 0.29) is 25.1 Å². The molecule has 0 saturated carbocycles. The number of hydrogen-bond acceptors (Lipinski definition) is 3. The van der Waals surface area contributed by atoms with Crippen molar-refractivity contribution in [3.8, 4) is 0 Å². The van der Waals surface area contributed by atoms with Gasteiger partial charge in [0.05, 0.1) is 6.61 Å². The minimum Gasteiger partial charge on any atom is -0.395 e. The Morgan fingerprint density at radius 2 is 2.36 bits per heavy atom. The number of aliphatic hydroxyl groups is 1. The van der Waals surface area contributed by atoms with Gasteiger partial charge < -0.3 is 15.6 Å². The molecule has 0 amide bonds. The second-order valence-corrected chi connectivity index (χ2v) is 2.91. The maximum atomic E-state index is 8.63. The van der Waals surface area contributed by atoms with Crippen LogP contribution >= 0.6 is 12.4 Å². The van der Waals surface area contributed by atoms with Crippen molar-refractivity contribution < 1.29 is 9.84 Å². The fraction of sp³-hybridized carbons (Fsp3) is 1.00. The van der Waals surface area contributed by atoms with Gasteiger partial charge in [0.25, 0.3) is 0 Å². The summed E-state index contributed by atoms with van der Waals surface area (Å²) < 4.78 is 5.17. The lowest BCUT2D eigenvalue weighted by molar-refractivity contribution is 0.177. The second kappa shape index (κ2) is 5.77. The number of hydrogen-bond donors (Lipinski definition) is 2. The highest BCUT2D eigenvalue weighted by Crippen LogP contribution is 2.16. The zero-order valence-corrected chi connectivity index (χ0v) is 7.35. The van der Waals surface area contributed by atoms with Gasteiger partial charge >= 0.3 is 0 Å². The Bertz CT molecular complexity index is 96.4. The Kier molecular flexibility index (Phi) is 5.86. The van der Waals surface area contributed by atoms with Gasteiger partial charge in [0.15, 0.2) is 0 Å². The molecule has 1 aliphatic heterocycles. The molecule has 0 radical (unpaired) electrons. The highest BCUT2D eigenvalue weighted by molar-refractivity contribution is 5.85. The van der Waals surface area contributed by atoms with Crippen LogP contribution in [-0.2, 0) is 4.74 Å². The highest BCUT2D eigenvalue weighted by Gasteiger charge is 2.17. The van der Waals surface area contributed by atoms with Gasteiger partial charge in [-0.2, -0.15) is 0 Å². The minimum atomic E-state index is -0.0494. The van der Waals surface area contributed by atoms with Crippen molar-refractivity contribution in [2.24, 2.45) is 11.7 Å². The van der Waals surface area contributed by atoms with Crippen molar-refractivity contribution in [2.75, 3.05) is 19.8 Å². The summed E-state index contributed by atoms with van der Waals surface area (Å²) in [6, 6.07) is -0.0494. The van der Waals surface area contributed by atoms with Gasteiger partial charge in [0, 0.05) is 19.3 Å². The fourth-order valence-corrected chi connectivity index (χ4v) is 1.27. The number of nitrogens with two attached hydrogens (primary N) is 1. The van der Waals surface area contributed by atoms with E-state index in [0.29, 0.717) is 5.92 Å². The van der Waals surface area contributed by atoms with Crippen molar-refractivity contribution in [1.29, 1.82) is 0 Å². The third kappa shape index (κ3) is 3.91. The average Bonchev–Trinajstić information content (AvgIpc) is 2.40. The Balaban J connectivity index is 0.000001000. The second-order valence-electron chi connectivity index (χ2n) is 2.91. The maximum absolute atomic E-state index is 8.63. The van der Waals surface area contributed by atoms with Gasteiger partial charge in [-0.1, -0.05) is 0 Å². The molecule has 1 heterocycles. The van der Waals surface area contributed by atoms with Crippen molar-refractivity contribution in [2.45, 2.75) is 18.9 Å². The average molecular weight is 182 g/mol. The van der Waals surface area contributed by atoms with Crippen LogP contribution in [0.1, 0.15) is 12.8 Å². The van der Waals surface area contributed by atoms with Crippen LogP contribution < -0.4 is 5.73 Å². The quantitative estimate of drug-likeness (QED) is 0.652. The summed E-state index contributed by atoms with van der Waals surface area (Å²) in [5.41, 5.74) is 5.55. The molecule has 1 saturated heterocycles. The predicted octanol–water partition coefficient (Wildman–Crippen LogP) is 0.154. The van der Waals surface area contributed by atoms with Crippen LogP contribution in [0.2, 0.25) is 0 Å². The molecule has 0 aromatic rings. The molecule has 2 atom stereocenters. The van der Waals surface area contributed by atoms with Crippen molar-refractivity contribution in [1.82, 2.24) is 0 Å². The van der Waals surface area contributed by atoms with Crippen LogP contribution in [0.3, 0.4) is 0 Å². The molecule has 3 nitrogen and oxygen atoms in total. The lowest BCUT2D eigenvalue weighted by Crippen LogP contribution is -2.27. The highest BCUT2D eigenvalue weighted by atomic mass is 35.5. The summed E-state index contributed by atoms with van der Waals surface area (Å²) in [5, 5.41) is 8.63.